The van der Waals surface area contributed by atoms with Crippen molar-refractivity contribution in [1.29, 1.82) is 5.41 Å². The van der Waals surface area contributed by atoms with Crippen LogP contribution in [0.3, 0.4) is 0 Å². The summed E-state index contributed by atoms with van der Waals surface area (Å²) in [6, 6.07) is 0. The second kappa shape index (κ2) is 4.25. The summed E-state index contributed by atoms with van der Waals surface area (Å²) >= 11 is 0. The lowest BCUT2D eigenvalue weighted by atomic mass is 10.5. The molecule has 0 aromatic heterocycles. The van der Waals surface area contributed by atoms with Crippen LogP contribution in [0.2, 0.25) is 0 Å². The van der Waals surface area contributed by atoms with Crippen molar-refractivity contribution in [3.8, 4) is 0 Å². The van der Waals surface area contributed by atoms with E-state index >= 15 is 0 Å². The number of hydrogen-bond acceptors (Lipinski definition) is 3. The van der Waals surface area contributed by atoms with E-state index < -0.39 is 15.1 Å². The number of nitrogens with one attached hydrogen (secondary N) is 2. The van der Waals surface area contributed by atoms with Crippen LogP contribution < -0.4 is 4.72 Å². The lowest BCUT2D eigenvalue weighted by molar-refractivity contribution is 0.593. The average molecular weight is 176 g/mol. The van der Waals surface area contributed by atoms with Gasteiger partial charge in [0.1, 0.15) is 0 Å². The minimum absolute atomic E-state index is 0.360. The van der Waals surface area contributed by atoms with Crippen molar-refractivity contribution in [2.24, 2.45) is 0 Å². The minimum atomic E-state index is -3.56. The molecule has 0 fully saturated rings. The predicted molar refractivity (Wildman–Crippen MR) is 45.1 cm³/mol. The fourth-order valence-electron chi connectivity index (χ4n) is 0.424. The molecule has 0 spiro atoms. The summed E-state index contributed by atoms with van der Waals surface area (Å²) in [5.41, 5.74) is 0. The van der Waals surface area contributed by atoms with E-state index in [4.69, 9.17) is 5.41 Å². The van der Waals surface area contributed by atoms with Gasteiger partial charge in [-0.1, -0.05) is 13.5 Å². The molecule has 0 saturated carbocycles. The van der Waals surface area contributed by atoms with Gasteiger partial charge in [0.05, 0.1) is 0 Å². The third-order valence-corrected chi connectivity index (χ3v) is 2.35. The van der Waals surface area contributed by atoms with Crippen LogP contribution in [0.4, 0.5) is 0 Å². The maximum absolute atomic E-state index is 10.9. The van der Waals surface area contributed by atoms with Crippen molar-refractivity contribution in [3.63, 3.8) is 0 Å². The molecule has 4 nitrogen and oxygen atoms in total. The molecular weight excluding hydrogens is 164 g/mol. The lowest BCUT2D eigenvalue weighted by Gasteiger charge is -2.01. The Kier molecular flexibility index (Phi) is 3.99. The molecule has 0 aliphatic rings. The van der Waals surface area contributed by atoms with Gasteiger partial charge in [-0.05, 0) is 12.5 Å². The van der Waals surface area contributed by atoms with Crippen LogP contribution in [-0.2, 0) is 10.0 Å². The van der Waals surface area contributed by atoms with E-state index in [0.717, 1.165) is 6.08 Å². The summed E-state index contributed by atoms with van der Waals surface area (Å²) in [4.78, 5) is 0. The predicted octanol–water partition coefficient (Wildman–Crippen LogP) is 0.479. The van der Waals surface area contributed by atoms with Crippen molar-refractivity contribution in [1.82, 2.24) is 4.72 Å². The summed E-state index contributed by atoms with van der Waals surface area (Å²) in [6.45, 7) is 5.40. The van der Waals surface area contributed by atoms with Gasteiger partial charge in [0, 0.05) is 6.54 Å². The first kappa shape index (κ1) is 10.3. The van der Waals surface area contributed by atoms with E-state index in [-0.39, 0.29) is 0 Å². The van der Waals surface area contributed by atoms with Gasteiger partial charge in [-0.2, -0.15) is 0 Å². The molecular formula is C6H12N2O2S. The Morgan fingerprint density at radius 2 is 2.27 bits per heavy atom. The van der Waals surface area contributed by atoms with Gasteiger partial charge in [-0.15, -0.1) is 0 Å². The van der Waals surface area contributed by atoms with E-state index in [1.807, 2.05) is 6.92 Å². The lowest BCUT2D eigenvalue weighted by Crippen LogP contribution is -2.29. The van der Waals surface area contributed by atoms with Crippen LogP contribution >= 0.6 is 0 Å². The molecule has 0 unspecified atom stereocenters. The Balaban J connectivity index is 4.24. The van der Waals surface area contributed by atoms with Crippen LogP contribution in [0.5, 0.6) is 0 Å². The largest absolute Gasteiger partial charge is 0.288 e. The van der Waals surface area contributed by atoms with Crippen molar-refractivity contribution in [2.75, 3.05) is 6.54 Å². The Hall–Kier alpha value is -0.680. The molecule has 0 bridgehead atoms. The summed E-state index contributed by atoms with van der Waals surface area (Å²) in [7, 11) is -3.56. The standard InChI is InChI=1S/C6H12N2O2S/c1-3-5-8-11(9,10)6(7)4-2/h4,7-8H,2-3,5H2,1H3. The quantitative estimate of drug-likeness (QED) is 0.483. The average Bonchev–Trinajstić information content (AvgIpc) is 1.99. The fraction of sp³-hybridized carbons (Fsp3) is 0.500. The van der Waals surface area contributed by atoms with Crippen molar-refractivity contribution < 1.29 is 8.42 Å². The topological polar surface area (TPSA) is 70.0 Å². The summed E-state index contributed by atoms with van der Waals surface area (Å²) < 4.78 is 24.1. The van der Waals surface area contributed by atoms with E-state index in [1.54, 1.807) is 0 Å². The zero-order valence-electron chi connectivity index (χ0n) is 6.42. The number of sulfonamides is 1. The highest BCUT2D eigenvalue weighted by molar-refractivity contribution is 8.05. The minimum Gasteiger partial charge on any atom is -0.288 e. The summed E-state index contributed by atoms with van der Waals surface area (Å²) in [5.74, 6) is 0. The van der Waals surface area contributed by atoms with Crippen molar-refractivity contribution in [2.45, 2.75) is 13.3 Å². The maximum atomic E-state index is 10.9. The smallest absolute Gasteiger partial charge is 0.257 e. The third kappa shape index (κ3) is 3.29. The molecule has 0 aromatic rings. The molecule has 5 heteroatoms. The molecule has 0 radical (unpaired) electrons. The molecule has 0 amide bonds. The molecule has 0 saturated heterocycles. The first-order chi connectivity index (χ1) is 5.04. The number of rotatable bonds is 4. The van der Waals surface area contributed by atoms with E-state index in [2.05, 4.69) is 11.3 Å². The van der Waals surface area contributed by atoms with Gasteiger partial charge in [0.25, 0.3) is 10.0 Å². The number of hydrogen-bond donors (Lipinski definition) is 2. The van der Waals surface area contributed by atoms with E-state index in [0.29, 0.717) is 13.0 Å². The van der Waals surface area contributed by atoms with Gasteiger partial charge in [-0.25, -0.2) is 13.1 Å². The molecule has 0 rings (SSSR count). The first-order valence-electron chi connectivity index (χ1n) is 3.25. The Labute approximate surface area is 66.9 Å². The van der Waals surface area contributed by atoms with Crippen LogP contribution in [0.15, 0.2) is 12.7 Å². The van der Waals surface area contributed by atoms with Crippen molar-refractivity contribution >= 4 is 15.1 Å². The Morgan fingerprint density at radius 3 is 2.64 bits per heavy atom. The Morgan fingerprint density at radius 1 is 1.73 bits per heavy atom. The molecule has 11 heavy (non-hydrogen) atoms. The molecule has 2 N–H and O–H groups in total. The van der Waals surface area contributed by atoms with Crippen LogP contribution in [0, 0.1) is 5.41 Å². The molecule has 0 aromatic carbocycles. The summed E-state index contributed by atoms with van der Waals surface area (Å²) in [5, 5.41) is 6.47. The van der Waals surface area contributed by atoms with Gasteiger partial charge < -0.3 is 0 Å². The molecule has 64 valence electrons. The van der Waals surface area contributed by atoms with E-state index in [9.17, 15) is 8.42 Å². The van der Waals surface area contributed by atoms with Gasteiger partial charge >= 0.3 is 0 Å². The van der Waals surface area contributed by atoms with Crippen molar-refractivity contribution in [3.05, 3.63) is 12.7 Å². The van der Waals surface area contributed by atoms with Crippen LogP contribution in [0.25, 0.3) is 0 Å². The second-order valence-electron chi connectivity index (χ2n) is 1.97. The fourth-order valence-corrected chi connectivity index (χ4v) is 1.27. The van der Waals surface area contributed by atoms with Gasteiger partial charge in [0.2, 0.25) is 0 Å². The van der Waals surface area contributed by atoms with Gasteiger partial charge in [-0.3, -0.25) is 5.41 Å². The molecule has 0 heterocycles. The van der Waals surface area contributed by atoms with E-state index in [1.165, 1.54) is 0 Å². The normalized spacial score (nSPS) is 11.0. The first-order valence-corrected chi connectivity index (χ1v) is 4.73. The van der Waals surface area contributed by atoms with Crippen LogP contribution in [0.1, 0.15) is 13.3 Å². The van der Waals surface area contributed by atoms with Gasteiger partial charge in [0.15, 0.2) is 5.04 Å². The highest BCUT2D eigenvalue weighted by Gasteiger charge is 2.12. The SMILES string of the molecule is C=CC(=N)S(=O)(=O)NCCC. The maximum Gasteiger partial charge on any atom is 0.257 e. The highest BCUT2D eigenvalue weighted by Crippen LogP contribution is 1.88. The summed E-state index contributed by atoms with van der Waals surface area (Å²) in [6.07, 6.45) is 1.71. The van der Waals surface area contributed by atoms with Crippen LogP contribution in [-0.4, -0.2) is 20.0 Å². The highest BCUT2D eigenvalue weighted by atomic mass is 32.2. The molecule has 0 atom stereocenters. The zero-order chi connectivity index (χ0) is 8.91. The Bertz CT molecular complexity index is 243. The molecule has 0 aliphatic carbocycles. The third-order valence-electron chi connectivity index (χ3n) is 1.02. The monoisotopic (exact) mass is 176 g/mol. The zero-order valence-corrected chi connectivity index (χ0v) is 7.24. The molecule has 0 aliphatic heterocycles. The second-order valence-corrected chi connectivity index (χ2v) is 3.70.